The van der Waals surface area contributed by atoms with Crippen LogP contribution in [-0.4, -0.2) is 42.0 Å². The number of carboxylic acid groups (broad SMARTS) is 1. The highest BCUT2D eigenvalue weighted by molar-refractivity contribution is 7.99. The van der Waals surface area contributed by atoms with Gasteiger partial charge in [0.2, 0.25) is 5.16 Å². The van der Waals surface area contributed by atoms with Crippen molar-refractivity contribution in [1.29, 1.82) is 0 Å². The van der Waals surface area contributed by atoms with E-state index in [-0.39, 0.29) is 6.54 Å². The maximum atomic E-state index is 10.6. The van der Waals surface area contributed by atoms with E-state index in [0.29, 0.717) is 5.16 Å². The first-order chi connectivity index (χ1) is 8.75. The normalized spacial score (nSPS) is 10.4. The number of thioether (sulfide) groups is 1. The van der Waals surface area contributed by atoms with Gasteiger partial charge >= 0.3 is 5.97 Å². The van der Waals surface area contributed by atoms with Gasteiger partial charge in [-0.3, -0.25) is 9.78 Å². The summed E-state index contributed by atoms with van der Waals surface area (Å²) in [5.74, 6) is -0.192. The Bertz CT molecular complexity index is 516. The summed E-state index contributed by atoms with van der Waals surface area (Å²) in [6.07, 6.45) is 4.36. The third-order valence-corrected chi connectivity index (χ3v) is 3.09. The number of tetrazole rings is 1. The number of pyridine rings is 1. The number of carbonyl (C=O) groups is 1. The molecule has 0 aliphatic carbocycles. The van der Waals surface area contributed by atoms with E-state index >= 15 is 0 Å². The molecular formula is C10H11N5O2S. The van der Waals surface area contributed by atoms with Crippen LogP contribution < -0.4 is 0 Å². The molecule has 1 N–H and O–H groups in total. The number of aromatic nitrogens is 5. The minimum atomic E-state index is -0.962. The molecule has 2 heterocycles. The molecule has 0 amide bonds. The van der Waals surface area contributed by atoms with E-state index in [1.807, 2.05) is 12.1 Å². The van der Waals surface area contributed by atoms with Gasteiger partial charge in [-0.15, -0.1) is 5.10 Å². The third-order valence-electron chi connectivity index (χ3n) is 2.13. The molecule has 94 valence electrons. The molecule has 0 atom stereocenters. The van der Waals surface area contributed by atoms with Crippen LogP contribution in [0.3, 0.4) is 0 Å². The average Bonchev–Trinajstić information content (AvgIpc) is 2.77. The van der Waals surface area contributed by atoms with E-state index in [4.69, 9.17) is 5.11 Å². The Labute approximate surface area is 107 Å². The molecule has 0 radical (unpaired) electrons. The van der Waals surface area contributed by atoms with Crippen LogP contribution in [-0.2, 0) is 17.8 Å². The SMILES string of the molecule is O=C(O)Cn1nnnc1SCCc1cccnc1. The minimum Gasteiger partial charge on any atom is -0.480 e. The maximum Gasteiger partial charge on any atom is 0.325 e. The van der Waals surface area contributed by atoms with E-state index in [9.17, 15) is 4.79 Å². The number of aliphatic carboxylic acids is 1. The van der Waals surface area contributed by atoms with Crippen molar-refractivity contribution in [3.05, 3.63) is 30.1 Å². The van der Waals surface area contributed by atoms with Gasteiger partial charge in [-0.1, -0.05) is 17.8 Å². The Hall–Kier alpha value is -1.96. The molecule has 7 nitrogen and oxygen atoms in total. The van der Waals surface area contributed by atoms with Crippen LogP contribution in [0.1, 0.15) is 5.56 Å². The van der Waals surface area contributed by atoms with Crippen molar-refractivity contribution in [3.8, 4) is 0 Å². The lowest BCUT2D eigenvalue weighted by molar-refractivity contribution is -0.138. The summed E-state index contributed by atoms with van der Waals surface area (Å²) in [7, 11) is 0. The van der Waals surface area contributed by atoms with Crippen LogP contribution >= 0.6 is 11.8 Å². The Morgan fingerprint density at radius 1 is 1.50 bits per heavy atom. The second kappa shape index (κ2) is 6.10. The van der Waals surface area contributed by atoms with E-state index < -0.39 is 5.97 Å². The zero-order chi connectivity index (χ0) is 12.8. The highest BCUT2D eigenvalue weighted by Gasteiger charge is 2.09. The largest absolute Gasteiger partial charge is 0.480 e. The van der Waals surface area contributed by atoms with Gasteiger partial charge in [-0.05, 0) is 28.5 Å². The molecule has 8 heteroatoms. The summed E-state index contributed by atoms with van der Waals surface area (Å²) in [5.41, 5.74) is 1.13. The Balaban J connectivity index is 1.87. The monoisotopic (exact) mass is 265 g/mol. The molecule has 0 aliphatic rings. The van der Waals surface area contributed by atoms with Gasteiger partial charge in [0.15, 0.2) is 0 Å². The summed E-state index contributed by atoms with van der Waals surface area (Å²) >= 11 is 1.43. The average molecular weight is 265 g/mol. The Kier molecular flexibility index (Phi) is 4.24. The van der Waals surface area contributed by atoms with Gasteiger partial charge < -0.3 is 5.11 Å². The lowest BCUT2D eigenvalue weighted by Gasteiger charge is -2.01. The predicted octanol–water partition coefficient (Wildman–Crippen LogP) is 0.487. The fourth-order valence-corrected chi connectivity index (χ4v) is 2.20. The predicted molar refractivity (Wildman–Crippen MR) is 64.1 cm³/mol. The van der Waals surface area contributed by atoms with E-state index in [0.717, 1.165) is 17.7 Å². The molecule has 0 saturated carbocycles. The molecule has 0 saturated heterocycles. The highest BCUT2D eigenvalue weighted by atomic mass is 32.2. The molecule has 0 aromatic carbocycles. The molecular weight excluding hydrogens is 254 g/mol. The molecule has 2 aromatic heterocycles. The highest BCUT2D eigenvalue weighted by Crippen LogP contribution is 2.15. The summed E-state index contributed by atoms with van der Waals surface area (Å²) < 4.78 is 1.27. The topological polar surface area (TPSA) is 93.8 Å². The number of aryl methyl sites for hydroxylation is 1. The number of hydrogen-bond donors (Lipinski definition) is 1. The first-order valence-electron chi connectivity index (χ1n) is 5.25. The summed E-state index contributed by atoms with van der Waals surface area (Å²) in [4.78, 5) is 14.6. The van der Waals surface area contributed by atoms with Gasteiger partial charge in [-0.25, -0.2) is 4.68 Å². The second-order valence-corrected chi connectivity index (χ2v) is 4.53. The second-order valence-electron chi connectivity index (χ2n) is 3.47. The van der Waals surface area contributed by atoms with Crippen molar-refractivity contribution in [2.75, 3.05) is 5.75 Å². The van der Waals surface area contributed by atoms with Crippen LogP contribution in [0.5, 0.6) is 0 Å². The van der Waals surface area contributed by atoms with Crippen molar-refractivity contribution in [2.45, 2.75) is 18.1 Å². The first kappa shape index (κ1) is 12.5. The number of hydrogen-bond acceptors (Lipinski definition) is 6. The van der Waals surface area contributed by atoms with Crippen molar-refractivity contribution in [3.63, 3.8) is 0 Å². The fraction of sp³-hybridized carbons (Fsp3) is 0.300. The van der Waals surface area contributed by atoms with Crippen molar-refractivity contribution in [2.24, 2.45) is 0 Å². The Morgan fingerprint density at radius 3 is 3.11 bits per heavy atom. The lowest BCUT2D eigenvalue weighted by atomic mass is 10.2. The molecule has 0 fully saturated rings. The minimum absolute atomic E-state index is 0.220. The van der Waals surface area contributed by atoms with Gasteiger partial charge in [0.25, 0.3) is 0 Å². The van der Waals surface area contributed by atoms with E-state index in [2.05, 4.69) is 20.5 Å². The van der Waals surface area contributed by atoms with Gasteiger partial charge in [0.05, 0.1) is 0 Å². The molecule has 0 unspecified atom stereocenters. The number of nitrogens with zero attached hydrogens (tertiary/aromatic N) is 5. The molecule has 0 spiro atoms. The Morgan fingerprint density at radius 2 is 2.39 bits per heavy atom. The third kappa shape index (κ3) is 3.52. The first-order valence-corrected chi connectivity index (χ1v) is 6.24. The zero-order valence-electron chi connectivity index (χ0n) is 9.43. The van der Waals surface area contributed by atoms with Crippen molar-refractivity contribution in [1.82, 2.24) is 25.2 Å². The summed E-state index contributed by atoms with van der Waals surface area (Å²) in [6, 6.07) is 3.88. The number of carboxylic acids is 1. The van der Waals surface area contributed by atoms with Crippen molar-refractivity contribution < 1.29 is 9.90 Å². The van der Waals surface area contributed by atoms with Crippen molar-refractivity contribution >= 4 is 17.7 Å². The number of rotatable bonds is 6. The van der Waals surface area contributed by atoms with Crippen LogP contribution in [0.4, 0.5) is 0 Å². The van der Waals surface area contributed by atoms with E-state index in [1.54, 1.807) is 12.4 Å². The van der Waals surface area contributed by atoms with Crippen LogP contribution in [0.15, 0.2) is 29.7 Å². The quantitative estimate of drug-likeness (QED) is 0.759. The molecule has 2 aromatic rings. The fourth-order valence-electron chi connectivity index (χ4n) is 1.33. The molecule has 0 aliphatic heterocycles. The summed E-state index contributed by atoms with van der Waals surface area (Å²) in [5, 5.41) is 20.1. The molecule has 0 bridgehead atoms. The van der Waals surface area contributed by atoms with Crippen LogP contribution in [0.2, 0.25) is 0 Å². The maximum absolute atomic E-state index is 10.6. The van der Waals surface area contributed by atoms with E-state index in [1.165, 1.54) is 16.4 Å². The lowest BCUT2D eigenvalue weighted by Crippen LogP contribution is -2.11. The molecule has 18 heavy (non-hydrogen) atoms. The standard InChI is InChI=1S/C10H11N5O2S/c16-9(17)7-15-10(12-13-14-15)18-5-3-8-2-1-4-11-6-8/h1-2,4,6H,3,5,7H2,(H,16,17). The van der Waals surface area contributed by atoms with Gasteiger partial charge in [0.1, 0.15) is 6.54 Å². The molecule has 2 rings (SSSR count). The van der Waals surface area contributed by atoms with Crippen LogP contribution in [0, 0.1) is 0 Å². The smallest absolute Gasteiger partial charge is 0.325 e. The van der Waals surface area contributed by atoms with Gasteiger partial charge in [0, 0.05) is 18.1 Å². The summed E-state index contributed by atoms with van der Waals surface area (Å²) in [6.45, 7) is -0.220. The zero-order valence-corrected chi connectivity index (χ0v) is 10.2. The van der Waals surface area contributed by atoms with Gasteiger partial charge in [-0.2, -0.15) is 0 Å². The van der Waals surface area contributed by atoms with Crippen LogP contribution in [0.25, 0.3) is 0 Å².